The lowest BCUT2D eigenvalue weighted by molar-refractivity contribution is -0.117. The number of thioether (sulfide) groups is 1. The van der Waals surface area contributed by atoms with Crippen LogP contribution in [0.25, 0.3) is 10.4 Å². The lowest BCUT2D eigenvalue weighted by Crippen LogP contribution is -2.45. The van der Waals surface area contributed by atoms with Crippen molar-refractivity contribution in [2.45, 2.75) is 62.7 Å². The number of hydrogen-bond donors (Lipinski definition) is 2. The molecule has 1 aliphatic carbocycles. The number of Topliss-reactive ketones (excluding diaryl/α,β-unsaturated/α-hetero) is 1. The summed E-state index contributed by atoms with van der Waals surface area (Å²) in [5.41, 5.74) is 3.60. The highest BCUT2D eigenvalue weighted by Gasteiger charge is 2.37. The van der Waals surface area contributed by atoms with Crippen molar-refractivity contribution in [1.29, 1.82) is 0 Å². The first-order valence-corrected chi connectivity index (χ1v) is 16.1. The van der Waals surface area contributed by atoms with Gasteiger partial charge >= 0.3 is 0 Å². The van der Waals surface area contributed by atoms with Gasteiger partial charge in [0.25, 0.3) is 0 Å². The predicted octanol–water partition coefficient (Wildman–Crippen LogP) is 8.64. The lowest BCUT2D eigenvalue weighted by atomic mass is 9.79. The minimum atomic E-state index is -0.840. The summed E-state index contributed by atoms with van der Waals surface area (Å²) in [5, 5.41) is 16.6. The number of halogens is 1. The van der Waals surface area contributed by atoms with E-state index in [0.717, 1.165) is 52.3 Å². The largest absolute Gasteiger partial charge is 0.381 e. The third kappa shape index (κ3) is 7.33. The zero-order valence-electron chi connectivity index (χ0n) is 22.7. The average Bonchev–Trinajstić information content (AvgIpc) is 3.47. The molecule has 3 aromatic rings. The maximum absolute atomic E-state index is 13.6. The molecule has 0 aliphatic heterocycles. The Morgan fingerprint density at radius 1 is 1.15 bits per heavy atom. The molecule has 3 unspecified atom stereocenters. The van der Waals surface area contributed by atoms with Crippen LogP contribution in [0.5, 0.6) is 0 Å². The van der Waals surface area contributed by atoms with Gasteiger partial charge in [-0.1, -0.05) is 98.6 Å². The third-order valence-corrected chi connectivity index (χ3v) is 10.3. The summed E-state index contributed by atoms with van der Waals surface area (Å²) >= 11 is 9.66. The van der Waals surface area contributed by atoms with Gasteiger partial charge < -0.3 is 5.11 Å². The average molecular weight is 580 g/mol. The van der Waals surface area contributed by atoms with E-state index in [0.29, 0.717) is 11.7 Å². The van der Waals surface area contributed by atoms with Crippen molar-refractivity contribution in [3.63, 3.8) is 0 Å². The Balaban J connectivity index is 1.68. The van der Waals surface area contributed by atoms with Crippen LogP contribution in [0.15, 0.2) is 89.3 Å². The SMILES string of the molecule is CCCC(CC)c1ccc(C(CC(=O)CSC2CC=CC=C2Cl)(NCO)c2csc(-c3ccccc3)c2)cc1. The molecule has 1 aliphatic rings. The smallest absolute Gasteiger partial charge is 0.145 e. The molecule has 3 atom stereocenters. The quantitative estimate of drug-likeness (QED) is 0.188. The van der Waals surface area contributed by atoms with Crippen LogP contribution in [0.2, 0.25) is 0 Å². The molecule has 0 amide bonds. The molecule has 2 N–H and O–H groups in total. The van der Waals surface area contributed by atoms with Crippen LogP contribution in [0.4, 0.5) is 0 Å². The van der Waals surface area contributed by atoms with Gasteiger partial charge in [0, 0.05) is 21.6 Å². The summed E-state index contributed by atoms with van der Waals surface area (Å²) in [4.78, 5) is 14.7. The van der Waals surface area contributed by atoms with E-state index in [9.17, 15) is 9.90 Å². The lowest BCUT2D eigenvalue weighted by Gasteiger charge is -2.35. The molecular formula is C33H38ClNO2S2. The van der Waals surface area contributed by atoms with Crippen LogP contribution in [0.1, 0.15) is 68.6 Å². The van der Waals surface area contributed by atoms with Crippen molar-refractivity contribution in [3.05, 3.63) is 106 Å². The van der Waals surface area contributed by atoms with Crippen molar-refractivity contribution in [1.82, 2.24) is 5.32 Å². The summed E-state index contributed by atoms with van der Waals surface area (Å²) in [6, 6.07) is 21.1. The van der Waals surface area contributed by atoms with Crippen LogP contribution in [0.3, 0.4) is 0 Å². The van der Waals surface area contributed by atoms with E-state index in [4.69, 9.17) is 11.6 Å². The van der Waals surface area contributed by atoms with E-state index in [2.05, 4.69) is 73.1 Å². The van der Waals surface area contributed by atoms with E-state index in [-0.39, 0.29) is 24.2 Å². The molecule has 39 heavy (non-hydrogen) atoms. The van der Waals surface area contributed by atoms with E-state index in [1.165, 1.54) is 5.56 Å². The second-order valence-electron chi connectivity index (χ2n) is 10.1. The summed E-state index contributed by atoms with van der Waals surface area (Å²) in [5.74, 6) is 1.00. The highest BCUT2D eigenvalue weighted by Crippen LogP contribution is 2.40. The second-order valence-corrected chi connectivity index (χ2v) is 12.6. The molecule has 0 saturated heterocycles. The van der Waals surface area contributed by atoms with Crippen LogP contribution in [-0.2, 0) is 10.3 Å². The Hall–Kier alpha value is -2.15. The van der Waals surface area contributed by atoms with Crippen molar-refractivity contribution in [2.24, 2.45) is 0 Å². The van der Waals surface area contributed by atoms with Crippen molar-refractivity contribution in [2.75, 3.05) is 12.5 Å². The summed E-state index contributed by atoms with van der Waals surface area (Å²) in [7, 11) is 0. The fourth-order valence-electron chi connectivity index (χ4n) is 5.35. The Morgan fingerprint density at radius 3 is 2.59 bits per heavy atom. The number of hydrogen-bond acceptors (Lipinski definition) is 5. The van der Waals surface area contributed by atoms with Gasteiger partial charge in [0.2, 0.25) is 0 Å². The van der Waals surface area contributed by atoms with Gasteiger partial charge in [-0.05, 0) is 65.0 Å². The number of aliphatic hydroxyl groups is 1. The van der Waals surface area contributed by atoms with Gasteiger partial charge in [-0.2, -0.15) is 0 Å². The van der Waals surface area contributed by atoms with Crippen molar-refractivity contribution < 1.29 is 9.90 Å². The summed E-state index contributed by atoms with van der Waals surface area (Å²) in [6.07, 6.45) is 10.4. The number of allylic oxidation sites excluding steroid dienone is 3. The maximum Gasteiger partial charge on any atom is 0.145 e. The highest BCUT2D eigenvalue weighted by molar-refractivity contribution is 8.00. The van der Waals surface area contributed by atoms with Crippen LogP contribution >= 0.6 is 34.7 Å². The molecule has 206 valence electrons. The number of carbonyl (C=O) groups excluding carboxylic acids is 1. The Morgan fingerprint density at radius 2 is 1.92 bits per heavy atom. The molecule has 2 aromatic carbocycles. The molecule has 1 aromatic heterocycles. The fraction of sp³-hybridized carbons (Fsp3) is 0.364. The molecule has 1 heterocycles. The molecule has 6 heteroatoms. The second kappa shape index (κ2) is 14.5. The van der Waals surface area contributed by atoms with Crippen LogP contribution in [-0.4, -0.2) is 28.6 Å². The minimum Gasteiger partial charge on any atom is -0.381 e. The molecule has 0 spiro atoms. The first kappa shape index (κ1) is 29.8. The number of aliphatic hydroxyl groups excluding tert-OH is 1. The van der Waals surface area contributed by atoms with Crippen molar-refractivity contribution in [3.8, 4) is 10.4 Å². The first-order valence-electron chi connectivity index (χ1n) is 13.8. The topological polar surface area (TPSA) is 49.3 Å². The van der Waals surface area contributed by atoms with Gasteiger partial charge in [0.1, 0.15) is 5.78 Å². The fourth-order valence-corrected chi connectivity index (χ4v) is 7.67. The zero-order chi connectivity index (χ0) is 27.7. The van der Waals surface area contributed by atoms with E-state index < -0.39 is 5.54 Å². The minimum absolute atomic E-state index is 0.107. The molecule has 0 radical (unpaired) electrons. The van der Waals surface area contributed by atoms with Crippen LogP contribution < -0.4 is 5.32 Å². The van der Waals surface area contributed by atoms with Crippen LogP contribution in [0, 0.1) is 0 Å². The molecule has 4 rings (SSSR count). The number of thiophene rings is 1. The monoisotopic (exact) mass is 579 g/mol. The van der Waals surface area contributed by atoms with E-state index >= 15 is 0 Å². The van der Waals surface area contributed by atoms with E-state index in [1.54, 1.807) is 23.1 Å². The Kier molecular flexibility index (Phi) is 11.1. The van der Waals surface area contributed by atoms with Gasteiger partial charge in [-0.3, -0.25) is 10.1 Å². The normalized spacial score (nSPS) is 17.4. The Bertz CT molecular complexity index is 1270. The molecule has 0 fully saturated rings. The van der Waals surface area contributed by atoms with Gasteiger partial charge in [0.05, 0.1) is 18.0 Å². The summed E-state index contributed by atoms with van der Waals surface area (Å²) < 4.78 is 0. The molecule has 0 saturated carbocycles. The highest BCUT2D eigenvalue weighted by atomic mass is 35.5. The maximum atomic E-state index is 13.6. The Labute approximate surface area is 246 Å². The first-order chi connectivity index (χ1) is 19.0. The zero-order valence-corrected chi connectivity index (χ0v) is 25.1. The third-order valence-electron chi connectivity index (χ3n) is 7.49. The van der Waals surface area contributed by atoms with Gasteiger partial charge in [-0.25, -0.2) is 0 Å². The van der Waals surface area contributed by atoms with Gasteiger partial charge in [-0.15, -0.1) is 23.1 Å². The predicted molar refractivity (Wildman–Crippen MR) is 169 cm³/mol. The molecule has 0 bridgehead atoms. The number of benzene rings is 2. The number of carbonyl (C=O) groups is 1. The number of nitrogens with one attached hydrogen (secondary N) is 1. The van der Waals surface area contributed by atoms with Crippen molar-refractivity contribution >= 4 is 40.5 Å². The molecular weight excluding hydrogens is 542 g/mol. The van der Waals surface area contributed by atoms with Gasteiger partial charge in [0.15, 0.2) is 0 Å². The number of rotatable bonds is 14. The standard InChI is InChI=1S/C33H38ClNO2S2/c1-3-10-24(4-2)25-15-17-27(18-16-25)33(35-23-36,20-29(37)22-39-31-14-9-8-13-30(31)34)28-19-32(38-21-28)26-11-6-5-7-12-26/h5-9,11-13,15-19,21,24,31,35-36H,3-4,10,14,20,22-23H2,1-2H3. The summed E-state index contributed by atoms with van der Waals surface area (Å²) in [6.45, 7) is 4.22. The number of ketones is 1. The molecule has 3 nitrogen and oxygen atoms in total. The van der Waals surface area contributed by atoms with E-state index in [1.807, 2.05) is 30.4 Å².